The van der Waals surface area contributed by atoms with Gasteiger partial charge in [0.25, 0.3) is 0 Å². The van der Waals surface area contributed by atoms with Gasteiger partial charge in [-0.1, -0.05) is 38.0 Å². The monoisotopic (exact) mass is 169 g/mol. The molecular formula is C11H23N. The Bertz CT molecular complexity index is 136. The van der Waals surface area contributed by atoms with E-state index in [2.05, 4.69) is 33.4 Å². The SMILES string of the molecule is C=C[C@@H](C)C/C(C)=C\CCC.N. The first-order chi connectivity index (χ1) is 5.20. The van der Waals surface area contributed by atoms with E-state index in [4.69, 9.17) is 0 Å². The Morgan fingerprint density at radius 3 is 2.50 bits per heavy atom. The molecule has 1 nitrogen and oxygen atoms in total. The molecule has 0 unspecified atom stereocenters. The third-order valence-electron chi connectivity index (χ3n) is 1.83. The van der Waals surface area contributed by atoms with E-state index in [9.17, 15) is 0 Å². The van der Waals surface area contributed by atoms with Gasteiger partial charge in [-0.3, -0.25) is 0 Å². The molecule has 0 aliphatic carbocycles. The van der Waals surface area contributed by atoms with Crippen LogP contribution in [0.5, 0.6) is 0 Å². The Morgan fingerprint density at radius 1 is 1.50 bits per heavy atom. The predicted molar refractivity (Wildman–Crippen MR) is 57.7 cm³/mol. The summed E-state index contributed by atoms with van der Waals surface area (Å²) < 4.78 is 0. The molecule has 0 heterocycles. The number of unbranched alkanes of at least 4 members (excludes halogenated alkanes) is 1. The third-order valence-corrected chi connectivity index (χ3v) is 1.83. The molecule has 3 N–H and O–H groups in total. The molecule has 0 radical (unpaired) electrons. The summed E-state index contributed by atoms with van der Waals surface area (Å²) in [5.41, 5.74) is 1.50. The normalized spacial score (nSPS) is 13.4. The molecule has 0 fully saturated rings. The lowest BCUT2D eigenvalue weighted by molar-refractivity contribution is 0.713. The number of rotatable bonds is 5. The van der Waals surface area contributed by atoms with Crippen molar-refractivity contribution in [3.8, 4) is 0 Å². The minimum Gasteiger partial charge on any atom is -0.344 e. The molecule has 0 bridgehead atoms. The van der Waals surface area contributed by atoms with Gasteiger partial charge in [-0.25, -0.2) is 0 Å². The smallest absolute Gasteiger partial charge is 0.0227 e. The lowest BCUT2D eigenvalue weighted by atomic mass is 10.0. The van der Waals surface area contributed by atoms with Gasteiger partial charge < -0.3 is 6.15 Å². The second-order valence-corrected chi connectivity index (χ2v) is 3.26. The minimum absolute atomic E-state index is 0. The van der Waals surface area contributed by atoms with Crippen LogP contribution in [0, 0.1) is 5.92 Å². The first-order valence-electron chi connectivity index (χ1n) is 4.48. The Labute approximate surface area is 77.1 Å². The van der Waals surface area contributed by atoms with Gasteiger partial charge >= 0.3 is 0 Å². The van der Waals surface area contributed by atoms with Crippen molar-refractivity contribution in [2.45, 2.75) is 40.0 Å². The molecular weight excluding hydrogens is 146 g/mol. The van der Waals surface area contributed by atoms with Crippen molar-refractivity contribution >= 4 is 0 Å². The molecule has 1 atom stereocenters. The summed E-state index contributed by atoms with van der Waals surface area (Å²) in [6.07, 6.45) is 7.99. The van der Waals surface area contributed by atoms with E-state index >= 15 is 0 Å². The van der Waals surface area contributed by atoms with Crippen LogP contribution in [-0.4, -0.2) is 0 Å². The summed E-state index contributed by atoms with van der Waals surface area (Å²) in [6, 6.07) is 0. The average molecular weight is 169 g/mol. The van der Waals surface area contributed by atoms with Crippen molar-refractivity contribution < 1.29 is 0 Å². The largest absolute Gasteiger partial charge is 0.344 e. The number of hydrogen-bond acceptors (Lipinski definition) is 1. The van der Waals surface area contributed by atoms with Gasteiger partial charge in [0.05, 0.1) is 0 Å². The van der Waals surface area contributed by atoms with E-state index in [0.717, 1.165) is 0 Å². The molecule has 0 aromatic carbocycles. The molecule has 0 aromatic rings. The molecule has 0 rings (SSSR count). The van der Waals surface area contributed by atoms with Crippen LogP contribution in [0.2, 0.25) is 0 Å². The lowest BCUT2D eigenvalue weighted by Crippen LogP contribution is -1.89. The summed E-state index contributed by atoms with van der Waals surface area (Å²) >= 11 is 0. The average Bonchev–Trinajstić information content (AvgIpc) is 2.00. The highest BCUT2D eigenvalue weighted by molar-refractivity contribution is 5.00. The summed E-state index contributed by atoms with van der Waals surface area (Å²) in [5.74, 6) is 0.628. The third kappa shape index (κ3) is 7.55. The molecule has 0 saturated heterocycles. The van der Waals surface area contributed by atoms with Crippen LogP contribution >= 0.6 is 0 Å². The fourth-order valence-electron chi connectivity index (χ4n) is 1.07. The van der Waals surface area contributed by atoms with Crippen molar-refractivity contribution in [2.24, 2.45) is 5.92 Å². The zero-order valence-electron chi connectivity index (χ0n) is 8.77. The second kappa shape index (κ2) is 8.54. The standard InChI is InChI=1S/C11H20.H3N/c1-5-7-8-11(4)9-10(3)6-2;/h6,8,10H,2,5,7,9H2,1,3-4H3;1H3/b11-8-;/t10-;/m1./s1. The van der Waals surface area contributed by atoms with Gasteiger partial charge in [-0.2, -0.15) is 0 Å². The van der Waals surface area contributed by atoms with Crippen molar-refractivity contribution in [3.63, 3.8) is 0 Å². The van der Waals surface area contributed by atoms with Gasteiger partial charge in [0.2, 0.25) is 0 Å². The van der Waals surface area contributed by atoms with Gasteiger partial charge in [0, 0.05) is 0 Å². The molecule has 0 spiro atoms. The van der Waals surface area contributed by atoms with Gasteiger partial charge in [0.1, 0.15) is 0 Å². The minimum atomic E-state index is 0. The zero-order valence-corrected chi connectivity index (χ0v) is 8.77. The van der Waals surface area contributed by atoms with Crippen molar-refractivity contribution in [2.75, 3.05) is 0 Å². The second-order valence-electron chi connectivity index (χ2n) is 3.26. The van der Waals surface area contributed by atoms with Gasteiger partial charge in [-0.05, 0) is 25.7 Å². The Balaban J connectivity index is 0. The number of hydrogen-bond donors (Lipinski definition) is 1. The van der Waals surface area contributed by atoms with Crippen molar-refractivity contribution in [3.05, 3.63) is 24.3 Å². The van der Waals surface area contributed by atoms with E-state index in [-0.39, 0.29) is 6.15 Å². The first-order valence-corrected chi connectivity index (χ1v) is 4.48. The van der Waals surface area contributed by atoms with Gasteiger partial charge in [-0.15, -0.1) is 6.58 Å². The van der Waals surface area contributed by atoms with Crippen LogP contribution in [0.4, 0.5) is 0 Å². The first kappa shape index (κ1) is 14.0. The van der Waals surface area contributed by atoms with E-state index in [1.54, 1.807) is 0 Å². The Morgan fingerprint density at radius 2 is 2.08 bits per heavy atom. The van der Waals surface area contributed by atoms with Crippen LogP contribution in [0.25, 0.3) is 0 Å². The summed E-state index contributed by atoms with van der Waals surface area (Å²) in [7, 11) is 0. The molecule has 0 amide bonds. The van der Waals surface area contributed by atoms with Gasteiger partial charge in [0.15, 0.2) is 0 Å². The molecule has 0 aliphatic heterocycles. The Hall–Kier alpha value is -0.560. The van der Waals surface area contributed by atoms with Crippen molar-refractivity contribution in [1.82, 2.24) is 6.15 Å². The van der Waals surface area contributed by atoms with E-state index in [1.807, 2.05) is 6.08 Å². The Kier molecular flexibility index (Phi) is 9.95. The highest BCUT2D eigenvalue weighted by Crippen LogP contribution is 2.12. The zero-order chi connectivity index (χ0) is 8.69. The molecule has 12 heavy (non-hydrogen) atoms. The molecule has 0 aromatic heterocycles. The van der Waals surface area contributed by atoms with Crippen molar-refractivity contribution in [1.29, 1.82) is 0 Å². The maximum atomic E-state index is 3.77. The van der Waals surface area contributed by atoms with Crippen LogP contribution in [0.1, 0.15) is 40.0 Å². The fourth-order valence-corrected chi connectivity index (χ4v) is 1.07. The van der Waals surface area contributed by atoms with Crippen LogP contribution in [0.15, 0.2) is 24.3 Å². The number of allylic oxidation sites excluding steroid dienone is 3. The summed E-state index contributed by atoms with van der Waals surface area (Å²) in [6.45, 7) is 10.4. The van der Waals surface area contributed by atoms with E-state index in [1.165, 1.54) is 24.8 Å². The molecule has 0 saturated carbocycles. The van der Waals surface area contributed by atoms with Crippen LogP contribution in [0.3, 0.4) is 0 Å². The quantitative estimate of drug-likeness (QED) is 0.618. The predicted octanol–water partition coefficient (Wildman–Crippen LogP) is 4.11. The highest BCUT2D eigenvalue weighted by atomic mass is 14.0. The maximum absolute atomic E-state index is 3.77. The fraction of sp³-hybridized carbons (Fsp3) is 0.636. The maximum Gasteiger partial charge on any atom is -0.0227 e. The summed E-state index contributed by atoms with van der Waals surface area (Å²) in [5, 5.41) is 0. The van der Waals surface area contributed by atoms with Crippen LogP contribution in [-0.2, 0) is 0 Å². The topological polar surface area (TPSA) is 35.0 Å². The highest BCUT2D eigenvalue weighted by Gasteiger charge is 1.95. The van der Waals surface area contributed by atoms with Crippen LogP contribution < -0.4 is 6.15 Å². The van der Waals surface area contributed by atoms with E-state index < -0.39 is 0 Å². The molecule has 0 aliphatic rings. The molecule has 72 valence electrons. The lowest BCUT2D eigenvalue weighted by Gasteiger charge is -2.04. The van der Waals surface area contributed by atoms with E-state index in [0.29, 0.717) is 5.92 Å². The molecule has 1 heteroatoms. The summed E-state index contributed by atoms with van der Waals surface area (Å²) in [4.78, 5) is 0.